The minimum atomic E-state index is 0. The van der Waals surface area contributed by atoms with Crippen LogP contribution in [0.5, 0.6) is 0 Å². The van der Waals surface area contributed by atoms with Crippen LogP contribution in [0.4, 0.5) is 0 Å². The lowest BCUT2D eigenvalue weighted by molar-refractivity contribution is 0.0616. The average Bonchev–Trinajstić information content (AvgIpc) is 3.31. The van der Waals surface area contributed by atoms with E-state index in [1.807, 2.05) is 24.3 Å². The lowest BCUT2D eigenvalue weighted by Crippen LogP contribution is -2.43. The molecule has 4 heteroatoms. The Bertz CT molecular complexity index is 456. The Morgan fingerprint density at radius 2 is 1.86 bits per heavy atom. The third kappa shape index (κ3) is 4.21. The Balaban J connectivity index is 0.00000220. The third-order valence-corrected chi connectivity index (χ3v) is 4.52. The highest BCUT2D eigenvalue weighted by molar-refractivity contribution is 5.94. The van der Waals surface area contributed by atoms with Crippen molar-refractivity contribution >= 4 is 18.3 Å². The predicted molar refractivity (Wildman–Crippen MR) is 89.7 cm³/mol. The number of carbonyl (C=O) groups is 1. The molecular formula is C17H27ClN2O. The zero-order chi connectivity index (χ0) is 14.7. The van der Waals surface area contributed by atoms with E-state index in [0.717, 1.165) is 30.4 Å². The molecule has 1 saturated carbocycles. The van der Waals surface area contributed by atoms with Gasteiger partial charge in [0.2, 0.25) is 0 Å². The van der Waals surface area contributed by atoms with Crippen molar-refractivity contribution in [3.8, 4) is 0 Å². The summed E-state index contributed by atoms with van der Waals surface area (Å²) in [5.41, 5.74) is 7.45. The smallest absolute Gasteiger partial charge is 0.254 e. The second-order valence-corrected chi connectivity index (χ2v) is 5.97. The van der Waals surface area contributed by atoms with Crippen LogP contribution in [0.15, 0.2) is 24.3 Å². The van der Waals surface area contributed by atoms with Crippen LogP contribution < -0.4 is 5.73 Å². The maximum Gasteiger partial charge on any atom is 0.254 e. The number of rotatable bonds is 6. The molecule has 21 heavy (non-hydrogen) atoms. The fourth-order valence-corrected chi connectivity index (χ4v) is 2.58. The van der Waals surface area contributed by atoms with E-state index >= 15 is 0 Å². The zero-order valence-corrected chi connectivity index (χ0v) is 14.0. The topological polar surface area (TPSA) is 46.3 Å². The van der Waals surface area contributed by atoms with Crippen LogP contribution in [-0.4, -0.2) is 22.9 Å². The number of hydrogen-bond donors (Lipinski definition) is 1. The zero-order valence-electron chi connectivity index (χ0n) is 13.2. The van der Waals surface area contributed by atoms with E-state index in [1.165, 1.54) is 0 Å². The molecule has 2 rings (SSSR count). The molecular weight excluding hydrogens is 284 g/mol. The Kier molecular flexibility index (Phi) is 6.69. The number of carbonyl (C=O) groups excluding carboxylic acids is 1. The molecule has 1 aromatic rings. The molecule has 118 valence electrons. The first-order valence-electron chi connectivity index (χ1n) is 7.70. The molecule has 1 amide bonds. The molecule has 1 aliphatic carbocycles. The van der Waals surface area contributed by atoms with Gasteiger partial charge >= 0.3 is 0 Å². The highest BCUT2D eigenvalue weighted by atomic mass is 35.5. The second kappa shape index (κ2) is 7.81. The molecule has 1 aromatic carbocycles. The first kappa shape index (κ1) is 18.0. The summed E-state index contributed by atoms with van der Waals surface area (Å²) >= 11 is 0. The minimum absolute atomic E-state index is 0. The van der Waals surface area contributed by atoms with Crippen molar-refractivity contribution in [2.75, 3.05) is 0 Å². The van der Waals surface area contributed by atoms with E-state index in [1.54, 1.807) is 0 Å². The Labute approximate surface area is 134 Å². The van der Waals surface area contributed by atoms with Crippen LogP contribution in [0.3, 0.4) is 0 Å². The highest BCUT2D eigenvalue weighted by Crippen LogP contribution is 2.32. The minimum Gasteiger partial charge on any atom is -0.333 e. The predicted octanol–water partition coefficient (Wildman–Crippen LogP) is 3.61. The molecule has 0 aromatic heterocycles. The first-order chi connectivity index (χ1) is 9.58. The van der Waals surface area contributed by atoms with Gasteiger partial charge in [0.1, 0.15) is 0 Å². The van der Waals surface area contributed by atoms with Crippen molar-refractivity contribution in [3.63, 3.8) is 0 Å². The molecule has 0 saturated heterocycles. The van der Waals surface area contributed by atoms with Crippen molar-refractivity contribution in [2.24, 2.45) is 11.7 Å². The van der Waals surface area contributed by atoms with Gasteiger partial charge in [0.25, 0.3) is 5.91 Å². The summed E-state index contributed by atoms with van der Waals surface area (Å²) in [6.07, 6.45) is 3.39. The fraction of sp³-hybridized carbons (Fsp3) is 0.588. The second-order valence-electron chi connectivity index (χ2n) is 5.97. The van der Waals surface area contributed by atoms with Gasteiger partial charge in [-0.3, -0.25) is 4.79 Å². The lowest BCUT2D eigenvalue weighted by Gasteiger charge is -2.33. The van der Waals surface area contributed by atoms with Gasteiger partial charge in [0.15, 0.2) is 0 Å². The van der Waals surface area contributed by atoms with Crippen LogP contribution >= 0.6 is 12.4 Å². The van der Waals surface area contributed by atoms with Gasteiger partial charge in [-0.25, -0.2) is 0 Å². The van der Waals surface area contributed by atoms with E-state index in [9.17, 15) is 4.79 Å². The quantitative estimate of drug-likeness (QED) is 0.872. The van der Waals surface area contributed by atoms with Gasteiger partial charge in [-0.2, -0.15) is 0 Å². The molecule has 2 atom stereocenters. The number of amides is 1. The SMILES string of the molecule is CCC(C)C(C)N(C(=O)c1ccc(CN)cc1)C1CC1.Cl. The molecule has 0 bridgehead atoms. The summed E-state index contributed by atoms with van der Waals surface area (Å²) in [6.45, 7) is 7.11. The summed E-state index contributed by atoms with van der Waals surface area (Å²) in [5.74, 6) is 0.701. The van der Waals surface area contributed by atoms with Crippen molar-refractivity contribution in [1.29, 1.82) is 0 Å². The van der Waals surface area contributed by atoms with E-state index < -0.39 is 0 Å². The van der Waals surface area contributed by atoms with Crippen LogP contribution in [0, 0.1) is 5.92 Å². The molecule has 2 N–H and O–H groups in total. The van der Waals surface area contributed by atoms with Gasteiger partial charge in [-0.1, -0.05) is 32.4 Å². The van der Waals surface area contributed by atoms with Crippen molar-refractivity contribution in [1.82, 2.24) is 4.90 Å². The normalized spacial score (nSPS) is 16.8. The number of halogens is 1. The molecule has 0 radical (unpaired) electrons. The lowest BCUT2D eigenvalue weighted by atomic mass is 9.98. The highest BCUT2D eigenvalue weighted by Gasteiger charge is 2.37. The van der Waals surface area contributed by atoms with Crippen LogP contribution in [0.2, 0.25) is 0 Å². The summed E-state index contributed by atoms with van der Waals surface area (Å²) in [4.78, 5) is 14.9. The molecule has 1 aliphatic rings. The van der Waals surface area contributed by atoms with Gasteiger partial charge in [0, 0.05) is 24.2 Å². The summed E-state index contributed by atoms with van der Waals surface area (Å²) in [6, 6.07) is 8.46. The Morgan fingerprint density at radius 3 is 2.29 bits per heavy atom. The Hall–Kier alpha value is -1.06. The third-order valence-electron chi connectivity index (χ3n) is 4.52. The summed E-state index contributed by atoms with van der Waals surface area (Å²) in [5, 5.41) is 0. The molecule has 0 spiro atoms. The van der Waals surface area contributed by atoms with E-state index in [-0.39, 0.29) is 18.3 Å². The summed E-state index contributed by atoms with van der Waals surface area (Å²) < 4.78 is 0. The molecule has 0 heterocycles. The Morgan fingerprint density at radius 1 is 1.29 bits per heavy atom. The molecule has 1 fully saturated rings. The first-order valence-corrected chi connectivity index (χ1v) is 7.70. The van der Waals surface area contributed by atoms with Crippen LogP contribution in [0.25, 0.3) is 0 Å². The van der Waals surface area contributed by atoms with Gasteiger partial charge in [-0.05, 0) is 43.4 Å². The largest absolute Gasteiger partial charge is 0.333 e. The number of hydrogen-bond acceptors (Lipinski definition) is 2. The van der Waals surface area contributed by atoms with Crippen LogP contribution in [0.1, 0.15) is 56.0 Å². The summed E-state index contributed by atoms with van der Waals surface area (Å²) in [7, 11) is 0. The fourth-order valence-electron chi connectivity index (χ4n) is 2.58. The van der Waals surface area contributed by atoms with E-state index in [2.05, 4.69) is 25.7 Å². The van der Waals surface area contributed by atoms with Gasteiger partial charge in [0.05, 0.1) is 0 Å². The maximum absolute atomic E-state index is 12.8. The van der Waals surface area contributed by atoms with E-state index in [0.29, 0.717) is 24.5 Å². The standard InChI is InChI=1S/C17H26N2O.ClH/c1-4-12(2)13(3)19(16-9-10-16)17(20)15-7-5-14(11-18)6-8-15;/h5-8,12-13,16H,4,9-11,18H2,1-3H3;1H. The molecule has 0 aliphatic heterocycles. The van der Waals surface area contributed by atoms with Gasteiger partial charge in [-0.15, -0.1) is 12.4 Å². The number of nitrogens with two attached hydrogens (primary N) is 1. The maximum atomic E-state index is 12.8. The van der Waals surface area contributed by atoms with Crippen molar-refractivity contribution in [3.05, 3.63) is 35.4 Å². The number of benzene rings is 1. The van der Waals surface area contributed by atoms with Crippen molar-refractivity contribution < 1.29 is 4.79 Å². The molecule has 2 unspecified atom stereocenters. The van der Waals surface area contributed by atoms with E-state index in [4.69, 9.17) is 5.73 Å². The monoisotopic (exact) mass is 310 g/mol. The number of nitrogens with zero attached hydrogens (tertiary/aromatic N) is 1. The van der Waals surface area contributed by atoms with Crippen LogP contribution in [-0.2, 0) is 6.54 Å². The van der Waals surface area contributed by atoms with Gasteiger partial charge < -0.3 is 10.6 Å². The van der Waals surface area contributed by atoms with Crippen molar-refractivity contribution in [2.45, 2.75) is 58.7 Å². The average molecular weight is 311 g/mol. The molecule has 3 nitrogen and oxygen atoms in total.